The molecule has 0 atom stereocenters. The van der Waals surface area contributed by atoms with Crippen LogP contribution in [0.15, 0.2) is 36.4 Å². The average molecular weight is 427 g/mol. The van der Waals surface area contributed by atoms with Gasteiger partial charge in [-0.1, -0.05) is 24.3 Å². The van der Waals surface area contributed by atoms with Gasteiger partial charge in [0.2, 0.25) is 0 Å². The van der Waals surface area contributed by atoms with Crippen LogP contribution in [0.1, 0.15) is 54.9 Å². The van der Waals surface area contributed by atoms with E-state index in [1.54, 1.807) is 0 Å². The van der Waals surface area contributed by atoms with Gasteiger partial charge in [-0.3, -0.25) is 0 Å². The lowest BCUT2D eigenvalue weighted by atomic mass is 9.76. The number of fused-ring (bicyclic) bond motifs is 1. The fraction of sp³-hybridized carbons (Fsp3) is 0.542. The summed E-state index contributed by atoms with van der Waals surface area (Å²) in [6.07, 6.45) is 0.249. The van der Waals surface area contributed by atoms with Gasteiger partial charge in [0.05, 0.1) is 17.8 Å². The van der Waals surface area contributed by atoms with Gasteiger partial charge < -0.3 is 24.1 Å². The third kappa shape index (κ3) is 5.72. The molecule has 0 aliphatic carbocycles. The van der Waals surface area contributed by atoms with E-state index >= 15 is 0 Å². The second-order valence-electron chi connectivity index (χ2n) is 9.95. The quantitative estimate of drug-likeness (QED) is 0.546. The lowest BCUT2D eigenvalue weighted by molar-refractivity contribution is 0.00578. The summed E-state index contributed by atoms with van der Waals surface area (Å²) < 4.78 is 23.8. The molecule has 168 valence electrons. The first-order valence-corrected chi connectivity index (χ1v) is 10.9. The molecule has 31 heavy (non-hydrogen) atoms. The Hall–Kier alpha value is -2.25. The second kappa shape index (κ2) is 8.71. The number of hydrogen-bond acceptors (Lipinski definition) is 5. The van der Waals surface area contributed by atoms with E-state index in [0.29, 0.717) is 19.6 Å². The fourth-order valence-electron chi connectivity index (χ4n) is 3.33. The molecule has 0 radical (unpaired) electrons. The molecule has 0 saturated carbocycles. The van der Waals surface area contributed by atoms with Crippen LogP contribution in [0.5, 0.6) is 5.75 Å². The maximum Gasteiger partial charge on any atom is 0.495 e. The first-order valence-electron chi connectivity index (χ1n) is 10.9. The van der Waals surface area contributed by atoms with Crippen molar-refractivity contribution in [1.82, 2.24) is 5.32 Å². The van der Waals surface area contributed by atoms with Crippen molar-refractivity contribution in [3.63, 3.8) is 0 Å². The van der Waals surface area contributed by atoms with Crippen molar-refractivity contribution < 1.29 is 23.6 Å². The molecule has 0 bridgehead atoms. The van der Waals surface area contributed by atoms with Crippen molar-refractivity contribution in [3.8, 4) is 5.75 Å². The normalized spacial score (nSPS) is 17.6. The molecule has 0 aromatic heterocycles. The van der Waals surface area contributed by atoms with E-state index in [2.05, 4.69) is 17.4 Å². The standard InChI is InChI=1S/C24H34BNO5/c1-22(2,3)29-21(27)26-13-10-14-28-18-15-17-11-8-9-12-19(17)20(16-18)25-30-23(4,5)24(6,7)31-25/h8-9,11-12,15-16H,10,13-14H2,1-7H3,(H,26,27). The van der Waals surface area contributed by atoms with Crippen molar-refractivity contribution in [2.45, 2.75) is 71.7 Å². The van der Waals surface area contributed by atoms with E-state index in [-0.39, 0.29) is 0 Å². The second-order valence-corrected chi connectivity index (χ2v) is 9.95. The number of amides is 1. The van der Waals surface area contributed by atoms with Gasteiger partial charge in [-0.15, -0.1) is 0 Å². The SMILES string of the molecule is CC(C)(C)OC(=O)NCCCOc1cc(B2OC(C)(C)C(C)(C)O2)c2ccccc2c1. The molecular formula is C24H34BNO5. The molecular weight excluding hydrogens is 393 g/mol. The Morgan fingerprint density at radius 3 is 2.35 bits per heavy atom. The van der Waals surface area contributed by atoms with Crippen LogP contribution >= 0.6 is 0 Å². The summed E-state index contributed by atoms with van der Waals surface area (Å²) in [5.41, 5.74) is -0.375. The molecule has 1 N–H and O–H groups in total. The Morgan fingerprint density at radius 2 is 1.71 bits per heavy atom. The van der Waals surface area contributed by atoms with Crippen molar-refractivity contribution in [1.29, 1.82) is 0 Å². The van der Waals surface area contributed by atoms with Crippen LogP contribution < -0.4 is 15.5 Å². The highest BCUT2D eigenvalue weighted by Gasteiger charge is 2.52. The molecule has 6 nitrogen and oxygen atoms in total. The predicted octanol–water partition coefficient (Wildman–Crippen LogP) is 4.43. The van der Waals surface area contributed by atoms with Crippen LogP contribution in [0, 0.1) is 0 Å². The lowest BCUT2D eigenvalue weighted by Gasteiger charge is -2.32. The minimum atomic E-state index is -0.504. The Balaban J connectivity index is 1.67. The molecule has 1 amide bonds. The highest BCUT2D eigenvalue weighted by molar-refractivity contribution is 6.65. The van der Waals surface area contributed by atoms with Gasteiger partial charge in [0.25, 0.3) is 0 Å². The summed E-state index contributed by atoms with van der Waals surface area (Å²) in [5.74, 6) is 0.751. The third-order valence-corrected chi connectivity index (χ3v) is 5.63. The smallest absolute Gasteiger partial charge is 0.494 e. The van der Waals surface area contributed by atoms with Crippen molar-refractivity contribution >= 4 is 29.4 Å². The number of nitrogens with one attached hydrogen (secondary N) is 1. The molecule has 7 heteroatoms. The number of benzene rings is 2. The van der Waals surface area contributed by atoms with Gasteiger partial charge in [-0.2, -0.15) is 0 Å². The zero-order valence-corrected chi connectivity index (χ0v) is 19.7. The number of carbonyl (C=O) groups is 1. The number of ether oxygens (including phenoxy) is 2. The molecule has 1 saturated heterocycles. The van der Waals surface area contributed by atoms with E-state index in [9.17, 15) is 4.79 Å². The van der Waals surface area contributed by atoms with Crippen LogP contribution in [-0.2, 0) is 14.0 Å². The van der Waals surface area contributed by atoms with Crippen molar-refractivity contribution in [2.24, 2.45) is 0 Å². The zero-order chi connectivity index (χ0) is 22.9. The molecule has 0 spiro atoms. The van der Waals surface area contributed by atoms with Crippen molar-refractivity contribution in [2.75, 3.05) is 13.2 Å². The van der Waals surface area contributed by atoms with Gasteiger partial charge >= 0.3 is 13.2 Å². The fourth-order valence-corrected chi connectivity index (χ4v) is 3.33. The molecule has 3 rings (SSSR count). The third-order valence-electron chi connectivity index (χ3n) is 5.63. The van der Waals surface area contributed by atoms with Gasteiger partial charge in [-0.05, 0) is 83.3 Å². The Labute approximate surface area is 185 Å². The minimum Gasteiger partial charge on any atom is -0.494 e. The largest absolute Gasteiger partial charge is 0.495 e. The summed E-state index contributed by atoms with van der Waals surface area (Å²) in [4.78, 5) is 11.7. The number of hydrogen-bond donors (Lipinski definition) is 1. The van der Waals surface area contributed by atoms with Gasteiger partial charge in [0, 0.05) is 6.54 Å². The zero-order valence-electron chi connectivity index (χ0n) is 19.7. The number of carbonyl (C=O) groups excluding carboxylic acids is 1. The van der Waals surface area contributed by atoms with Crippen molar-refractivity contribution in [3.05, 3.63) is 36.4 Å². The van der Waals surface area contributed by atoms with Gasteiger partial charge in [0.1, 0.15) is 11.4 Å². The predicted molar refractivity (Wildman–Crippen MR) is 124 cm³/mol. The first-order chi connectivity index (χ1) is 14.4. The summed E-state index contributed by atoms with van der Waals surface area (Å²) in [6, 6.07) is 12.2. The Kier molecular flexibility index (Phi) is 6.58. The summed E-state index contributed by atoms with van der Waals surface area (Å²) in [6.45, 7) is 14.7. The van der Waals surface area contributed by atoms with E-state index in [4.69, 9.17) is 18.8 Å². The maximum absolute atomic E-state index is 11.7. The molecule has 1 heterocycles. The van der Waals surface area contributed by atoms with Gasteiger partial charge in [-0.25, -0.2) is 4.79 Å². The molecule has 1 aliphatic rings. The lowest BCUT2D eigenvalue weighted by Crippen LogP contribution is -2.41. The molecule has 2 aromatic rings. The molecule has 1 aliphatic heterocycles. The molecule has 0 unspecified atom stereocenters. The first kappa shape index (κ1) is 23.4. The summed E-state index contributed by atoms with van der Waals surface area (Å²) >= 11 is 0. The van der Waals surface area contributed by atoms with Crippen LogP contribution in [-0.4, -0.2) is 43.2 Å². The number of alkyl carbamates (subject to hydrolysis) is 1. The molecule has 2 aromatic carbocycles. The average Bonchev–Trinajstić information content (AvgIpc) is 2.86. The van der Waals surface area contributed by atoms with E-state index in [0.717, 1.165) is 22.0 Å². The van der Waals surface area contributed by atoms with E-state index in [1.807, 2.05) is 72.7 Å². The summed E-state index contributed by atoms with van der Waals surface area (Å²) in [5, 5.41) is 4.90. The number of rotatable bonds is 6. The highest BCUT2D eigenvalue weighted by Crippen LogP contribution is 2.37. The van der Waals surface area contributed by atoms with E-state index in [1.165, 1.54) is 0 Å². The monoisotopic (exact) mass is 427 g/mol. The Bertz CT molecular complexity index is 919. The molecule has 1 fully saturated rings. The van der Waals surface area contributed by atoms with Crippen LogP contribution in [0.25, 0.3) is 10.8 Å². The highest BCUT2D eigenvalue weighted by atomic mass is 16.7. The van der Waals surface area contributed by atoms with Crippen LogP contribution in [0.2, 0.25) is 0 Å². The van der Waals surface area contributed by atoms with Crippen LogP contribution in [0.4, 0.5) is 4.79 Å². The Morgan fingerprint density at radius 1 is 1.06 bits per heavy atom. The topological polar surface area (TPSA) is 66.0 Å². The summed E-state index contributed by atoms with van der Waals surface area (Å²) in [7, 11) is -0.465. The maximum atomic E-state index is 11.7. The van der Waals surface area contributed by atoms with E-state index < -0.39 is 30.0 Å². The van der Waals surface area contributed by atoms with Gasteiger partial charge in [0.15, 0.2) is 0 Å². The minimum absolute atomic E-state index is 0.414. The van der Waals surface area contributed by atoms with Crippen LogP contribution in [0.3, 0.4) is 0 Å².